The summed E-state index contributed by atoms with van der Waals surface area (Å²) >= 11 is 13.3. The molecule has 0 saturated heterocycles. The van der Waals surface area contributed by atoms with Gasteiger partial charge in [-0.3, -0.25) is 0 Å². The molecule has 0 radical (unpaired) electrons. The highest BCUT2D eigenvalue weighted by molar-refractivity contribution is 7.12. The van der Waals surface area contributed by atoms with Crippen molar-refractivity contribution in [3.63, 3.8) is 0 Å². The molecule has 0 amide bonds. The Labute approximate surface area is 130 Å². The number of hydrogen-bond acceptors (Lipinski definition) is 3. The molecule has 0 atom stereocenters. The van der Waals surface area contributed by atoms with E-state index in [1.54, 1.807) is 24.3 Å². The molecule has 0 saturated carbocycles. The van der Waals surface area contributed by atoms with E-state index in [9.17, 15) is 4.79 Å². The summed E-state index contributed by atoms with van der Waals surface area (Å²) in [6.07, 6.45) is 2.65. The molecule has 0 aliphatic rings. The number of carboxylic acid groups (broad SMARTS) is 1. The Hall–Kier alpha value is -1.49. The van der Waals surface area contributed by atoms with E-state index in [1.807, 2.05) is 12.1 Å². The van der Waals surface area contributed by atoms with Crippen molar-refractivity contribution in [3.8, 4) is 5.75 Å². The Morgan fingerprint density at radius 3 is 2.85 bits per heavy atom. The molecule has 104 valence electrons. The van der Waals surface area contributed by atoms with Gasteiger partial charge in [0, 0.05) is 26.9 Å². The SMILES string of the molecule is O=C(O)C=Cc1ccc(COc2cc(Cl)ccc2Cl)s1. The van der Waals surface area contributed by atoms with Crippen molar-refractivity contribution in [2.45, 2.75) is 6.61 Å². The van der Waals surface area contributed by atoms with Gasteiger partial charge in [0.15, 0.2) is 0 Å². The Kier molecular flexibility index (Phi) is 5.06. The maximum Gasteiger partial charge on any atom is 0.328 e. The molecule has 0 bridgehead atoms. The smallest absolute Gasteiger partial charge is 0.328 e. The molecule has 1 aromatic heterocycles. The van der Waals surface area contributed by atoms with Gasteiger partial charge in [0.2, 0.25) is 0 Å². The van der Waals surface area contributed by atoms with Gasteiger partial charge in [-0.1, -0.05) is 23.2 Å². The number of rotatable bonds is 5. The summed E-state index contributed by atoms with van der Waals surface area (Å²) < 4.78 is 5.60. The molecule has 20 heavy (non-hydrogen) atoms. The van der Waals surface area contributed by atoms with Crippen molar-refractivity contribution in [2.24, 2.45) is 0 Å². The molecule has 0 aliphatic carbocycles. The largest absolute Gasteiger partial charge is 0.486 e. The minimum Gasteiger partial charge on any atom is -0.486 e. The minimum atomic E-state index is -0.970. The molecule has 2 rings (SSSR count). The third kappa shape index (κ3) is 4.27. The van der Waals surface area contributed by atoms with Crippen LogP contribution in [0.15, 0.2) is 36.4 Å². The molecule has 2 aromatic rings. The van der Waals surface area contributed by atoms with Crippen molar-refractivity contribution < 1.29 is 14.6 Å². The summed E-state index contributed by atoms with van der Waals surface area (Å²) in [7, 11) is 0. The first kappa shape index (κ1) is 14.9. The van der Waals surface area contributed by atoms with Crippen LogP contribution < -0.4 is 4.74 Å². The van der Waals surface area contributed by atoms with Crippen molar-refractivity contribution in [1.29, 1.82) is 0 Å². The average molecular weight is 329 g/mol. The first-order valence-corrected chi connectivity index (χ1v) is 7.19. The first-order chi connectivity index (χ1) is 9.54. The molecule has 0 unspecified atom stereocenters. The summed E-state index contributed by atoms with van der Waals surface area (Å²) in [6, 6.07) is 8.74. The van der Waals surface area contributed by atoms with Crippen LogP contribution in [0.5, 0.6) is 5.75 Å². The summed E-state index contributed by atoms with van der Waals surface area (Å²) in [5.74, 6) is -0.447. The zero-order valence-corrected chi connectivity index (χ0v) is 12.5. The van der Waals surface area contributed by atoms with Crippen LogP contribution in [-0.2, 0) is 11.4 Å². The van der Waals surface area contributed by atoms with Gasteiger partial charge in [-0.15, -0.1) is 11.3 Å². The van der Waals surface area contributed by atoms with Gasteiger partial charge in [-0.05, 0) is 30.3 Å². The van der Waals surface area contributed by atoms with Crippen LogP contribution in [0, 0.1) is 0 Å². The molecular formula is C14H10Cl2O3S. The number of carboxylic acids is 1. The maximum atomic E-state index is 10.4. The first-order valence-electron chi connectivity index (χ1n) is 5.62. The third-order valence-corrected chi connectivity index (χ3v) is 3.91. The fraction of sp³-hybridized carbons (Fsp3) is 0.0714. The van der Waals surface area contributed by atoms with E-state index in [0.717, 1.165) is 15.8 Å². The lowest BCUT2D eigenvalue weighted by atomic mass is 10.3. The van der Waals surface area contributed by atoms with Crippen LogP contribution in [0.2, 0.25) is 10.0 Å². The molecule has 6 heteroatoms. The molecule has 0 aliphatic heterocycles. The number of thiophene rings is 1. The standard InChI is InChI=1S/C14H10Cl2O3S/c15-9-1-5-12(16)13(7-9)19-8-11-3-2-10(20-11)4-6-14(17)18/h1-7H,8H2,(H,17,18). The molecular weight excluding hydrogens is 319 g/mol. The van der Waals surface area contributed by atoms with Crippen LogP contribution in [0.3, 0.4) is 0 Å². The van der Waals surface area contributed by atoms with E-state index in [2.05, 4.69) is 0 Å². The highest BCUT2D eigenvalue weighted by Gasteiger charge is 2.04. The lowest BCUT2D eigenvalue weighted by Gasteiger charge is -2.06. The molecule has 3 nitrogen and oxygen atoms in total. The van der Waals surface area contributed by atoms with Crippen molar-refractivity contribution in [1.82, 2.24) is 0 Å². The zero-order chi connectivity index (χ0) is 14.5. The minimum absolute atomic E-state index is 0.353. The molecule has 1 aromatic carbocycles. The highest BCUT2D eigenvalue weighted by atomic mass is 35.5. The van der Waals surface area contributed by atoms with Gasteiger partial charge in [-0.2, -0.15) is 0 Å². The Bertz CT molecular complexity index is 650. The second kappa shape index (κ2) is 6.79. The fourth-order valence-electron chi connectivity index (χ4n) is 1.45. The summed E-state index contributed by atoms with van der Waals surface area (Å²) in [6.45, 7) is 0.353. The molecule has 1 heterocycles. The summed E-state index contributed by atoms with van der Waals surface area (Å²) in [5, 5.41) is 9.61. The molecule has 0 spiro atoms. The van der Waals surface area contributed by atoms with Gasteiger partial charge >= 0.3 is 5.97 Å². The van der Waals surface area contributed by atoms with Crippen molar-refractivity contribution in [2.75, 3.05) is 0 Å². The fourth-order valence-corrected chi connectivity index (χ4v) is 2.61. The number of hydrogen-bond donors (Lipinski definition) is 1. The van der Waals surface area contributed by atoms with E-state index >= 15 is 0 Å². The van der Waals surface area contributed by atoms with Crippen LogP contribution >= 0.6 is 34.5 Å². The van der Waals surface area contributed by atoms with E-state index in [0.29, 0.717) is 22.4 Å². The second-order valence-electron chi connectivity index (χ2n) is 3.84. The summed E-state index contributed by atoms with van der Waals surface area (Å²) in [5.41, 5.74) is 0. The Balaban J connectivity index is 2.01. The van der Waals surface area contributed by atoms with Crippen LogP contribution in [0.25, 0.3) is 6.08 Å². The predicted octanol–water partition coefficient (Wildman–Crippen LogP) is 4.73. The van der Waals surface area contributed by atoms with E-state index in [1.165, 1.54) is 11.3 Å². The number of benzene rings is 1. The molecule has 0 fully saturated rings. The number of aliphatic carboxylic acids is 1. The van der Waals surface area contributed by atoms with Gasteiger partial charge in [0.05, 0.1) is 5.02 Å². The lowest BCUT2D eigenvalue weighted by molar-refractivity contribution is -0.131. The van der Waals surface area contributed by atoms with Gasteiger partial charge in [-0.25, -0.2) is 4.79 Å². The lowest BCUT2D eigenvalue weighted by Crippen LogP contribution is -1.93. The van der Waals surface area contributed by atoms with E-state index in [4.69, 9.17) is 33.0 Å². The third-order valence-electron chi connectivity index (χ3n) is 2.34. The topological polar surface area (TPSA) is 46.5 Å². The van der Waals surface area contributed by atoms with E-state index < -0.39 is 5.97 Å². The van der Waals surface area contributed by atoms with Crippen molar-refractivity contribution in [3.05, 3.63) is 56.2 Å². The zero-order valence-electron chi connectivity index (χ0n) is 10.2. The second-order valence-corrected chi connectivity index (χ2v) is 5.88. The number of ether oxygens (including phenoxy) is 1. The maximum absolute atomic E-state index is 10.4. The average Bonchev–Trinajstić information content (AvgIpc) is 2.85. The van der Waals surface area contributed by atoms with Gasteiger partial charge in [0.1, 0.15) is 12.4 Å². The Morgan fingerprint density at radius 2 is 2.10 bits per heavy atom. The van der Waals surface area contributed by atoms with E-state index in [-0.39, 0.29) is 0 Å². The monoisotopic (exact) mass is 328 g/mol. The predicted molar refractivity (Wildman–Crippen MR) is 81.8 cm³/mol. The van der Waals surface area contributed by atoms with Crippen LogP contribution in [0.4, 0.5) is 0 Å². The number of halogens is 2. The normalized spacial score (nSPS) is 10.9. The highest BCUT2D eigenvalue weighted by Crippen LogP contribution is 2.29. The van der Waals surface area contributed by atoms with Crippen LogP contribution in [0.1, 0.15) is 9.75 Å². The van der Waals surface area contributed by atoms with Crippen molar-refractivity contribution >= 4 is 46.6 Å². The van der Waals surface area contributed by atoms with Crippen LogP contribution in [-0.4, -0.2) is 11.1 Å². The Morgan fingerprint density at radius 1 is 1.30 bits per heavy atom. The number of carbonyl (C=O) groups is 1. The summed E-state index contributed by atoms with van der Waals surface area (Å²) in [4.78, 5) is 12.2. The van der Waals surface area contributed by atoms with Gasteiger partial charge in [0.25, 0.3) is 0 Å². The molecule has 1 N–H and O–H groups in total. The quantitative estimate of drug-likeness (QED) is 0.807. The van der Waals surface area contributed by atoms with Gasteiger partial charge < -0.3 is 9.84 Å².